The smallest absolute Gasteiger partial charge is 0.312 e. The molecule has 120 valence electrons. The third-order valence-corrected chi connectivity index (χ3v) is 8.52. The molecule has 5 rings (SSSR count). The van der Waals surface area contributed by atoms with Crippen LogP contribution >= 0.6 is 0 Å². The molecule has 1 spiro atoms. The Hall–Kier alpha value is -0.790. The lowest BCUT2D eigenvalue weighted by Crippen LogP contribution is -2.65. The van der Waals surface area contributed by atoms with Gasteiger partial charge in [-0.05, 0) is 75.0 Å². The number of carbonyl (C=O) groups excluding carboxylic acids is 1. The van der Waals surface area contributed by atoms with Crippen LogP contribution in [0.3, 0.4) is 0 Å². The van der Waals surface area contributed by atoms with E-state index in [-0.39, 0.29) is 16.8 Å². The minimum absolute atomic E-state index is 0.143. The van der Waals surface area contributed by atoms with Crippen LogP contribution in [-0.4, -0.2) is 12.6 Å². The monoisotopic (exact) mass is 300 g/mol. The molecule has 0 N–H and O–H groups in total. The third kappa shape index (κ3) is 1.37. The Kier molecular flexibility index (Phi) is 2.47. The minimum atomic E-state index is -0.143. The number of rotatable bonds is 0. The number of carbonyl (C=O) groups is 1. The fourth-order valence-corrected chi connectivity index (χ4v) is 7.71. The third-order valence-electron chi connectivity index (χ3n) is 8.52. The summed E-state index contributed by atoms with van der Waals surface area (Å²) in [4.78, 5) is 13.1. The van der Waals surface area contributed by atoms with Crippen LogP contribution in [0.2, 0.25) is 0 Å². The molecule has 0 amide bonds. The second-order valence-corrected chi connectivity index (χ2v) is 9.37. The van der Waals surface area contributed by atoms with E-state index in [0.717, 1.165) is 12.3 Å². The highest BCUT2D eigenvalue weighted by Crippen LogP contribution is 2.72. The maximum absolute atomic E-state index is 13.1. The van der Waals surface area contributed by atoms with E-state index in [0.29, 0.717) is 23.9 Å². The maximum atomic E-state index is 13.1. The van der Waals surface area contributed by atoms with Crippen LogP contribution in [0, 0.1) is 34.0 Å². The van der Waals surface area contributed by atoms with E-state index in [9.17, 15) is 4.79 Å². The average Bonchev–Trinajstić information content (AvgIpc) is 2.73. The summed E-state index contributed by atoms with van der Waals surface area (Å²) >= 11 is 0. The molecule has 0 aromatic rings. The van der Waals surface area contributed by atoms with Gasteiger partial charge in [-0.15, -0.1) is 0 Å². The molecule has 1 aliphatic heterocycles. The molecule has 4 fully saturated rings. The van der Waals surface area contributed by atoms with Crippen LogP contribution in [0.4, 0.5) is 0 Å². The number of fused-ring (bicyclic) bond motifs is 1. The molecule has 1 heterocycles. The molecule has 0 unspecified atom stereocenters. The summed E-state index contributed by atoms with van der Waals surface area (Å²) in [6.07, 6.45) is 12.6. The van der Waals surface area contributed by atoms with Crippen LogP contribution in [0.1, 0.15) is 65.2 Å². The highest BCUT2D eigenvalue weighted by Gasteiger charge is 2.69. The van der Waals surface area contributed by atoms with Crippen molar-refractivity contribution in [1.82, 2.24) is 0 Å². The number of ether oxygens (including phenoxy) is 1. The van der Waals surface area contributed by atoms with Crippen molar-refractivity contribution < 1.29 is 9.53 Å². The van der Waals surface area contributed by atoms with Crippen molar-refractivity contribution in [1.29, 1.82) is 0 Å². The summed E-state index contributed by atoms with van der Waals surface area (Å²) in [5.41, 5.74) is 2.05. The van der Waals surface area contributed by atoms with Gasteiger partial charge < -0.3 is 4.74 Å². The fraction of sp³-hybridized carbons (Fsp3) is 0.850. The lowest BCUT2D eigenvalue weighted by molar-refractivity contribution is -0.228. The molecule has 22 heavy (non-hydrogen) atoms. The highest BCUT2D eigenvalue weighted by atomic mass is 16.5. The number of hydrogen-bond acceptors (Lipinski definition) is 2. The fourth-order valence-electron chi connectivity index (χ4n) is 7.71. The minimum Gasteiger partial charge on any atom is -0.465 e. The molecule has 3 saturated carbocycles. The number of hydrogen-bond donors (Lipinski definition) is 0. The standard InChI is InChI=1S/C20H28O2/c1-13-10-19-9-6-15-18(2)7-3-8-20(15,17(21)22-12-18)16(19)5-4-14(13)11-19/h10,14-16H,3-9,11-12H2,1-2H3/t14-,15-,16-,18+,19-,20+/m0/s1. The van der Waals surface area contributed by atoms with E-state index < -0.39 is 0 Å². The van der Waals surface area contributed by atoms with Crippen molar-refractivity contribution in [2.45, 2.75) is 65.2 Å². The molecule has 0 aromatic carbocycles. The van der Waals surface area contributed by atoms with Gasteiger partial charge in [0.05, 0.1) is 12.0 Å². The van der Waals surface area contributed by atoms with Crippen molar-refractivity contribution >= 4 is 5.97 Å². The Morgan fingerprint density at radius 2 is 2.00 bits per heavy atom. The molecule has 6 atom stereocenters. The van der Waals surface area contributed by atoms with Crippen LogP contribution in [0.5, 0.6) is 0 Å². The molecule has 4 aliphatic carbocycles. The Morgan fingerprint density at radius 1 is 1.14 bits per heavy atom. The Morgan fingerprint density at radius 3 is 2.86 bits per heavy atom. The molecule has 0 radical (unpaired) electrons. The van der Waals surface area contributed by atoms with E-state index in [1.807, 2.05) is 0 Å². The normalized spacial score (nSPS) is 55.8. The van der Waals surface area contributed by atoms with E-state index in [2.05, 4.69) is 19.9 Å². The first-order chi connectivity index (χ1) is 10.5. The van der Waals surface area contributed by atoms with Crippen molar-refractivity contribution in [3.8, 4) is 0 Å². The van der Waals surface area contributed by atoms with E-state index in [1.54, 1.807) is 5.57 Å². The molecule has 2 nitrogen and oxygen atoms in total. The van der Waals surface area contributed by atoms with Crippen LogP contribution < -0.4 is 0 Å². The molecular weight excluding hydrogens is 272 g/mol. The second kappa shape index (κ2) is 3.99. The molecule has 2 heteroatoms. The van der Waals surface area contributed by atoms with Gasteiger partial charge in [-0.2, -0.15) is 0 Å². The summed E-state index contributed by atoms with van der Waals surface area (Å²) in [6.45, 7) is 5.41. The molecule has 4 bridgehead atoms. The molecule has 5 aliphatic rings. The van der Waals surface area contributed by atoms with Crippen LogP contribution in [-0.2, 0) is 9.53 Å². The molecular formula is C20H28O2. The summed E-state index contributed by atoms with van der Waals surface area (Å²) in [5, 5.41) is 0. The largest absolute Gasteiger partial charge is 0.465 e. The first kappa shape index (κ1) is 13.6. The lowest BCUT2D eigenvalue weighted by atomic mass is 9.39. The summed E-state index contributed by atoms with van der Waals surface area (Å²) in [6, 6.07) is 0. The average molecular weight is 300 g/mol. The zero-order valence-electron chi connectivity index (χ0n) is 14.0. The first-order valence-electron chi connectivity index (χ1n) is 9.37. The topological polar surface area (TPSA) is 26.3 Å². The van der Waals surface area contributed by atoms with Crippen molar-refractivity contribution in [2.75, 3.05) is 6.61 Å². The zero-order chi connectivity index (χ0) is 15.2. The quantitative estimate of drug-likeness (QED) is 0.486. The lowest BCUT2D eigenvalue weighted by Gasteiger charge is -2.65. The van der Waals surface area contributed by atoms with Gasteiger partial charge in [0.15, 0.2) is 0 Å². The predicted molar refractivity (Wildman–Crippen MR) is 85.1 cm³/mol. The SMILES string of the molecule is CC1=C[C@]23CC[C@H]4[C@]5(C)CCC[C@]4(C(=O)OC5)[C@H]2CC[C@H]1C3. The van der Waals surface area contributed by atoms with Gasteiger partial charge in [0.25, 0.3) is 0 Å². The van der Waals surface area contributed by atoms with Gasteiger partial charge in [0, 0.05) is 5.41 Å². The van der Waals surface area contributed by atoms with Crippen molar-refractivity contribution in [3.63, 3.8) is 0 Å². The summed E-state index contributed by atoms with van der Waals surface area (Å²) < 4.78 is 5.83. The van der Waals surface area contributed by atoms with E-state index in [1.165, 1.54) is 44.9 Å². The molecule has 1 saturated heterocycles. The number of cyclic esters (lactones) is 1. The Labute approximate surface area is 133 Å². The van der Waals surface area contributed by atoms with Crippen molar-refractivity contribution in [3.05, 3.63) is 11.6 Å². The van der Waals surface area contributed by atoms with Crippen LogP contribution in [0.25, 0.3) is 0 Å². The predicted octanol–water partition coefficient (Wildman–Crippen LogP) is 4.49. The summed E-state index contributed by atoms with van der Waals surface area (Å²) in [5.74, 6) is 2.12. The number of esters is 1. The van der Waals surface area contributed by atoms with E-state index >= 15 is 0 Å². The second-order valence-electron chi connectivity index (χ2n) is 9.37. The van der Waals surface area contributed by atoms with Gasteiger partial charge in [0.1, 0.15) is 0 Å². The van der Waals surface area contributed by atoms with Gasteiger partial charge >= 0.3 is 5.97 Å². The first-order valence-corrected chi connectivity index (χ1v) is 9.37. The van der Waals surface area contributed by atoms with Crippen molar-refractivity contribution in [2.24, 2.45) is 34.0 Å². The van der Waals surface area contributed by atoms with Gasteiger partial charge in [-0.3, -0.25) is 4.79 Å². The maximum Gasteiger partial charge on any atom is 0.312 e. The Balaban J connectivity index is 1.67. The zero-order valence-corrected chi connectivity index (χ0v) is 14.0. The van der Waals surface area contributed by atoms with Gasteiger partial charge in [-0.1, -0.05) is 25.0 Å². The number of allylic oxidation sites excluding steroid dienone is 2. The molecule has 0 aromatic heterocycles. The Bertz CT molecular complexity index is 578. The van der Waals surface area contributed by atoms with Gasteiger partial charge in [0.2, 0.25) is 0 Å². The summed E-state index contributed by atoms with van der Waals surface area (Å²) in [7, 11) is 0. The van der Waals surface area contributed by atoms with E-state index in [4.69, 9.17) is 4.74 Å². The van der Waals surface area contributed by atoms with Gasteiger partial charge in [-0.25, -0.2) is 0 Å². The van der Waals surface area contributed by atoms with Crippen LogP contribution in [0.15, 0.2) is 11.6 Å². The highest BCUT2D eigenvalue weighted by molar-refractivity contribution is 5.79.